The van der Waals surface area contributed by atoms with Crippen LogP contribution in [-0.4, -0.2) is 23.0 Å². The molecule has 0 aliphatic carbocycles. The van der Waals surface area contributed by atoms with Crippen molar-refractivity contribution in [3.63, 3.8) is 0 Å². The summed E-state index contributed by atoms with van der Waals surface area (Å²) in [5.41, 5.74) is 0.947. The number of carboxylic acids is 1. The molecule has 0 saturated heterocycles. The van der Waals surface area contributed by atoms with E-state index < -0.39 is 5.97 Å². The Hall–Kier alpha value is -2.04. The number of carboxylic acid groups (broad SMARTS) is 1. The molecule has 5 heteroatoms. The molecular formula is C13H17NO4. The van der Waals surface area contributed by atoms with Gasteiger partial charge in [0.15, 0.2) is 0 Å². The number of nitrogens with one attached hydrogen (secondary N) is 1. The second kappa shape index (κ2) is 6.05. The maximum absolute atomic E-state index is 12.0. The van der Waals surface area contributed by atoms with Crippen LogP contribution in [0.1, 0.15) is 35.0 Å². The van der Waals surface area contributed by atoms with E-state index in [0.29, 0.717) is 17.5 Å². The molecule has 0 fully saturated rings. The number of aryl methyl sites for hydroxylation is 1. The maximum atomic E-state index is 12.0. The Labute approximate surface area is 105 Å². The van der Waals surface area contributed by atoms with E-state index in [4.69, 9.17) is 9.52 Å². The Morgan fingerprint density at radius 2 is 2.28 bits per heavy atom. The second-order valence-corrected chi connectivity index (χ2v) is 4.19. The summed E-state index contributed by atoms with van der Waals surface area (Å²) in [6.07, 6.45) is 3.46. The van der Waals surface area contributed by atoms with E-state index in [-0.39, 0.29) is 24.1 Å². The van der Waals surface area contributed by atoms with E-state index in [0.717, 1.165) is 0 Å². The Morgan fingerprint density at radius 1 is 1.61 bits per heavy atom. The van der Waals surface area contributed by atoms with Crippen molar-refractivity contribution in [2.24, 2.45) is 0 Å². The largest absolute Gasteiger partial charge is 0.481 e. The van der Waals surface area contributed by atoms with Gasteiger partial charge >= 0.3 is 5.97 Å². The molecule has 1 rings (SSSR count). The predicted octanol–water partition coefficient (Wildman–Crippen LogP) is 1.91. The molecule has 1 amide bonds. The highest BCUT2D eigenvalue weighted by molar-refractivity contribution is 5.97. The highest BCUT2D eigenvalue weighted by Gasteiger charge is 2.21. The van der Waals surface area contributed by atoms with Crippen LogP contribution in [0.3, 0.4) is 0 Å². The van der Waals surface area contributed by atoms with Crippen LogP contribution in [-0.2, 0) is 11.2 Å². The highest BCUT2D eigenvalue weighted by atomic mass is 16.4. The van der Waals surface area contributed by atoms with Gasteiger partial charge in [0.05, 0.1) is 11.8 Å². The van der Waals surface area contributed by atoms with Gasteiger partial charge in [-0.15, -0.1) is 6.58 Å². The summed E-state index contributed by atoms with van der Waals surface area (Å²) in [5.74, 6) is -1.16. The zero-order chi connectivity index (χ0) is 13.7. The minimum atomic E-state index is -1.03. The van der Waals surface area contributed by atoms with E-state index in [2.05, 4.69) is 11.9 Å². The molecular weight excluding hydrogens is 234 g/mol. The number of rotatable bonds is 6. The number of carbonyl (C=O) groups excluding carboxylic acids is 1. The maximum Gasteiger partial charge on any atom is 0.311 e. The number of furan rings is 1. The molecule has 18 heavy (non-hydrogen) atoms. The van der Waals surface area contributed by atoms with E-state index in [1.54, 1.807) is 13.0 Å². The lowest BCUT2D eigenvalue weighted by atomic mass is 10.1. The van der Waals surface area contributed by atoms with Crippen LogP contribution < -0.4 is 5.32 Å². The third-order valence-electron chi connectivity index (χ3n) is 2.49. The number of carbonyl (C=O) groups is 2. The smallest absolute Gasteiger partial charge is 0.311 e. The SMILES string of the molecule is C=CCC(C)NC(=O)c1c(C)coc1CC(=O)O. The fraction of sp³-hybridized carbons (Fsp3) is 0.385. The molecule has 98 valence electrons. The Bertz CT molecular complexity index is 462. The number of aliphatic carboxylic acids is 1. The van der Waals surface area contributed by atoms with Crippen molar-refractivity contribution in [1.29, 1.82) is 0 Å². The van der Waals surface area contributed by atoms with Gasteiger partial charge in [0, 0.05) is 11.6 Å². The van der Waals surface area contributed by atoms with E-state index in [1.807, 2.05) is 6.92 Å². The van der Waals surface area contributed by atoms with Crippen LogP contribution in [0.15, 0.2) is 23.3 Å². The monoisotopic (exact) mass is 251 g/mol. The molecule has 0 aliphatic rings. The van der Waals surface area contributed by atoms with Crippen LogP contribution in [0.4, 0.5) is 0 Å². The summed E-state index contributed by atoms with van der Waals surface area (Å²) < 4.78 is 5.11. The lowest BCUT2D eigenvalue weighted by Crippen LogP contribution is -2.33. The Balaban J connectivity index is 2.87. The molecule has 0 aromatic carbocycles. The van der Waals surface area contributed by atoms with Crippen LogP contribution in [0.25, 0.3) is 0 Å². The van der Waals surface area contributed by atoms with Crippen molar-refractivity contribution >= 4 is 11.9 Å². The van der Waals surface area contributed by atoms with Crippen molar-refractivity contribution < 1.29 is 19.1 Å². The van der Waals surface area contributed by atoms with Crippen molar-refractivity contribution in [3.8, 4) is 0 Å². The van der Waals surface area contributed by atoms with Crippen molar-refractivity contribution in [2.75, 3.05) is 0 Å². The first-order valence-corrected chi connectivity index (χ1v) is 5.66. The fourth-order valence-electron chi connectivity index (χ4n) is 1.68. The van der Waals surface area contributed by atoms with Gasteiger partial charge in [0.25, 0.3) is 5.91 Å². The molecule has 0 bridgehead atoms. The number of amides is 1. The zero-order valence-corrected chi connectivity index (χ0v) is 10.5. The molecule has 0 aliphatic heterocycles. The molecule has 1 heterocycles. The fourth-order valence-corrected chi connectivity index (χ4v) is 1.68. The van der Waals surface area contributed by atoms with Crippen molar-refractivity contribution in [3.05, 3.63) is 35.8 Å². The lowest BCUT2D eigenvalue weighted by Gasteiger charge is -2.11. The van der Waals surface area contributed by atoms with Crippen LogP contribution in [0, 0.1) is 6.92 Å². The molecule has 1 unspecified atom stereocenters. The molecule has 0 spiro atoms. The molecule has 1 aromatic heterocycles. The quantitative estimate of drug-likeness (QED) is 0.757. The molecule has 0 saturated carbocycles. The molecule has 1 aromatic rings. The van der Waals surface area contributed by atoms with Gasteiger partial charge in [-0.25, -0.2) is 0 Å². The van der Waals surface area contributed by atoms with E-state index in [1.165, 1.54) is 6.26 Å². The molecule has 2 N–H and O–H groups in total. The average molecular weight is 251 g/mol. The Kier molecular flexibility index (Phi) is 4.71. The number of hydrogen-bond acceptors (Lipinski definition) is 3. The first-order valence-electron chi connectivity index (χ1n) is 5.66. The van der Waals surface area contributed by atoms with E-state index >= 15 is 0 Å². The van der Waals surface area contributed by atoms with Gasteiger partial charge in [0.2, 0.25) is 0 Å². The standard InChI is InChI=1S/C13H17NO4/c1-4-5-9(3)14-13(17)12-8(2)7-18-10(12)6-11(15)16/h4,7,9H,1,5-6H2,2-3H3,(H,14,17)(H,15,16). The van der Waals surface area contributed by atoms with Crippen molar-refractivity contribution in [1.82, 2.24) is 5.32 Å². The second-order valence-electron chi connectivity index (χ2n) is 4.19. The minimum absolute atomic E-state index is 0.0537. The molecule has 0 radical (unpaired) electrons. The third-order valence-corrected chi connectivity index (χ3v) is 2.49. The van der Waals surface area contributed by atoms with Gasteiger partial charge in [-0.05, 0) is 20.3 Å². The normalized spacial score (nSPS) is 11.9. The third kappa shape index (κ3) is 3.48. The average Bonchev–Trinajstić information content (AvgIpc) is 2.58. The van der Waals surface area contributed by atoms with Crippen molar-refractivity contribution in [2.45, 2.75) is 32.7 Å². The summed E-state index contributed by atoms with van der Waals surface area (Å²) in [6.45, 7) is 7.16. The van der Waals surface area contributed by atoms with Gasteiger partial charge in [-0.3, -0.25) is 9.59 Å². The molecule has 5 nitrogen and oxygen atoms in total. The van der Waals surface area contributed by atoms with Gasteiger partial charge < -0.3 is 14.8 Å². The predicted molar refractivity (Wildman–Crippen MR) is 66.5 cm³/mol. The highest BCUT2D eigenvalue weighted by Crippen LogP contribution is 2.17. The van der Waals surface area contributed by atoms with Gasteiger partial charge in [-0.2, -0.15) is 0 Å². The van der Waals surface area contributed by atoms with Gasteiger partial charge in [-0.1, -0.05) is 6.08 Å². The van der Waals surface area contributed by atoms with Crippen LogP contribution in [0.2, 0.25) is 0 Å². The molecule has 1 atom stereocenters. The van der Waals surface area contributed by atoms with Crippen LogP contribution >= 0.6 is 0 Å². The Morgan fingerprint density at radius 3 is 2.83 bits per heavy atom. The topological polar surface area (TPSA) is 79.5 Å². The summed E-state index contributed by atoms with van der Waals surface area (Å²) in [7, 11) is 0. The van der Waals surface area contributed by atoms with Gasteiger partial charge in [0.1, 0.15) is 12.2 Å². The summed E-state index contributed by atoms with van der Waals surface area (Å²) in [4.78, 5) is 22.7. The summed E-state index contributed by atoms with van der Waals surface area (Å²) >= 11 is 0. The summed E-state index contributed by atoms with van der Waals surface area (Å²) in [6, 6.07) is -0.0537. The number of hydrogen-bond donors (Lipinski definition) is 2. The lowest BCUT2D eigenvalue weighted by molar-refractivity contribution is -0.136. The van der Waals surface area contributed by atoms with Crippen LogP contribution in [0.5, 0.6) is 0 Å². The minimum Gasteiger partial charge on any atom is -0.481 e. The van der Waals surface area contributed by atoms with E-state index in [9.17, 15) is 9.59 Å². The first-order chi connectivity index (χ1) is 8.45. The first kappa shape index (κ1) is 14.0. The summed E-state index contributed by atoms with van der Waals surface area (Å²) in [5, 5.41) is 11.5. The zero-order valence-electron chi connectivity index (χ0n) is 10.5.